The van der Waals surface area contributed by atoms with Crippen molar-refractivity contribution in [1.82, 2.24) is 5.32 Å². The minimum Gasteiger partial charge on any atom is -0.444 e. The number of carbonyl (C=O) groups excluding carboxylic acids is 1. The summed E-state index contributed by atoms with van der Waals surface area (Å²) in [4.78, 5) is 11.6. The van der Waals surface area contributed by atoms with Crippen LogP contribution in [0.25, 0.3) is 0 Å². The summed E-state index contributed by atoms with van der Waals surface area (Å²) in [6, 6.07) is -0.194. The van der Waals surface area contributed by atoms with Gasteiger partial charge in [-0.05, 0) is 26.2 Å². The molecule has 134 valence electrons. The van der Waals surface area contributed by atoms with Gasteiger partial charge in [-0.2, -0.15) is 0 Å². The van der Waals surface area contributed by atoms with Crippen LogP contribution in [0.3, 0.4) is 0 Å². The Bertz CT molecular complexity index is 376. The van der Waals surface area contributed by atoms with Gasteiger partial charge >= 0.3 is 6.09 Å². The predicted octanol–water partition coefficient (Wildman–Crippen LogP) is 2.23. The van der Waals surface area contributed by atoms with Crippen LogP contribution in [0.15, 0.2) is 0 Å². The summed E-state index contributed by atoms with van der Waals surface area (Å²) in [5.74, 6) is -0.0903. The summed E-state index contributed by atoms with van der Waals surface area (Å²) < 4.78 is 17.5. The second kappa shape index (κ2) is 8.85. The van der Waals surface area contributed by atoms with Crippen LogP contribution < -0.4 is 5.32 Å². The molecule has 1 amide bonds. The fraction of sp³-hybridized carbons (Fsp3) is 0.941. The molecule has 0 spiro atoms. The smallest absolute Gasteiger partial charge is 0.407 e. The standard InChI is InChI=1S/C17H31NO5/c1-4-6-8-21-15-12(11(3)19)10-13-14(18-17(20)23-13)16(15)22-9-7-5-2/h11-16,19H,4-10H2,1-3H3,(H,18,20)/t11?,12-,13+,14+,15-,16-/m1/s1. The molecule has 1 aliphatic carbocycles. The number of carbonyl (C=O) groups is 1. The molecular formula is C17H31NO5. The van der Waals surface area contributed by atoms with Crippen LogP contribution in [-0.4, -0.2) is 54.9 Å². The predicted molar refractivity (Wildman–Crippen MR) is 86.3 cm³/mol. The van der Waals surface area contributed by atoms with E-state index < -0.39 is 12.2 Å². The number of aliphatic hydroxyl groups excluding tert-OH is 1. The average molecular weight is 329 g/mol. The first-order valence-corrected chi connectivity index (χ1v) is 8.96. The summed E-state index contributed by atoms with van der Waals surface area (Å²) in [6.07, 6.45) is 2.97. The van der Waals surface area contributed by atoms with Crippen LogP contribution >= 0.6 is 0 Å². The lowest BCUT2D eigenvalue weighted by Gasteiger charge is -2.43. The second-order valence-electron chi connectivity index (χ2n) is 6.63. The zero-order chi connectivity index (χ0) is 16.8. The van der Waals surface area contributed by atoms with Gasteiger partial charge in [0.1, 0.15) is 12.2 Å². The molecular weight excluding hydrogens is 298 g/mol. The molecule has 0 aromatic rings. The fourth-order valence-electron chi connectivity index (χ4n) is 3.43. The Morgan fingerprint density at radius 2 is 1.83 bits per heavy atom. The van der Waals surface area contributed by atoms with Crippen LogP contribution in [0.5, 0.6) is 0 Å². The third-order valence-corrected chi connectivity index (χ3v) is 4.78. The first-order chi connectivity index (χ1) is 11.1. The third kappa shape index (κ3) is 4.58. The van der Waals surface area contributed by atoms with Crippen LogP contribution in [0, 0.1) is 5.92 Å². The topological polar surface area (TPSA) is 77.0 Å². The molecule has 2 rings (SSSR count). The number of nitrogens with one attached hydrogen (secondary N) is 1. The van der Waals surface area contributed by atoms with E-state index in [2.05, 4.69) is 19.2 Å². The number of fused-ring (bicyclic) bond motifs is 1. The van der Waals surface area contributed by atoms with Gasteiger partial charge < -0.3 is 24.6 Å². The van der Waals surface area contributed by atoms with E-state index in [1.807, 2.05) is 0 Å². The van der Waals surface area contributed by atoms with E-state index in [1.165, 1.54) is 0 Å². The van der Waals surface area contributed by atoms with Crippen molar-refractivity contribution in [1.29, 1.82) is 0 Å². The minimum absolute atomic E-state index is 0.0903. The highest BCUT2D eigenvalue weighted by molar-refractivity contribution is 5.70. The van der Waals surface area contributed by atoms with Crippen LogP contribution in [-0.2, 0) is 14.2 Å². The Morgan fingerprint density at radius 3 is 2.39 bits per heavy atom. The maximum absolute atomic E-state index is 11.6. The molecule has 1 unspecified atom stereocenters. The normalized spacial score (nSPS) is 34.6. The molecule has 6 nitrogen and oxygen atoms in total. The number of amides is 1. The Balaban J connectivity index is 2.12. The molecule has 2 aliphatic rings. The lowest BCUT2D eigenvalue weighted by atomic mass is 9.77. The molecule has 2 N–H and O–H groups in total. The van der Waals surface area contributed by atoms with Crippen molar-refractivity contribution in [2.45, 2.75) is 83.3 Å². The molecule has 0 radical (unpaired) electrons. The van der Waals surface area contributed by atoms with E-state index in [1.54, 1.807) is 6.92 Å². The van der Waals surface area contributed by atoms with Gasteiger partial charge in [0.05, 0.1) is 18.2 Å². The summed E-state index contributed by atoms with van der Waals surface area (Å²) >= 11 is 0. The molecule has 2 fully saturated rings. The first-order valence-electron chi connectivity index (χ1n) is 8.96. The molecule has 1 saturated carbocycles. The molecule has 0 aromatic carbocycles. The highest BCUT2D eigenvalue weighted by Gasteiger charge is 2.52. The van der Waals surface area contributed by atoms with E-state index in [4.69, 9.17) is 14.2 Å². The number of rotatable bonds is 9. The van der Waals surface area contributed by atoms with Gasteiger partial charge in [-0.25, -0.2) is 4.79 Å². The molecule has 0 bridgehead atoms. The van der Waals surface area contributed by atoms with Crippen molar-refractivity contribution >= 4 is 6.09 Å². The Hall–Kier alpha value is -0.850. The number of ether oxygens (including phenoxy) is 3. The summed E-state index contributed by atoms with van der Waals surface area (Å²) in [6.45, 7) is 7.27. The van der Waals surface area contributed by atoms with Gasteiger partial charge in [0.2, 0.25) is 0 Å². The van der Waals surface area contributed by atoms with E-state index in [9.17, 15) is 9.90 Å². The Kier molecular flexibility index (Phi) is 7.11. The van der Waals surface area contributed by atoms with Gasteiger partial charge in [0.25, 0.3) is 0 Å². The Labute approximate surface area is 138 Å². The van der Waals surface area contributed by atoms with Crippen molar-refractivity contribution in [3.63, 3.8) is 0 Å². The number of hydrogen-bond donors (Lipinski definition) is 2. The molecule has 0 aromatic heterocycles. The largest absolute Gasteiger partial charge is 0.444 e. The van der Waals surface area contributed by atoms with Gasteiger partial charge in [0, 0.05) is 19.1 Å². The lowest BCUT2D eigenvalue weighted by Crippen LogP contribution is -2.59. The number of alkyl carbamates (subject to hydrolysis) is 1. The highest BCUT2D eigenvalue weighted by Crippen LogP contribution is 2.36. The van der Waals surface area contributed by atoms with Crippen molar-refractivity contribution in [2.75, 3.05) is 13.2 Å². The monoisotopic (exact) mass is 329 g/mol. The summed E-state index contributed by atoms with van der Waals surface area (Å²) in [5, 5.41) is 13.0. The van der Waals surface area contributed by atoms with Gasteiger partial charge in [-0.1, -0.05) is 26.7 Å². The molecule has 1 heterocycles. The van der Waals surface area contributed by atoms with E-state index >= 15 is 0 Å². The van der Waals surface area contributed by atoms with Crippen molar-refractivity contribution in [2.24, 2.45) is 5.92 Å². The van der Waals surface area contributed by atoms with E-state index in [-0.39, 0.29) is 30.3 Å². The maximum Gasteiger partial charge on any atom is 0.407 e. The number of hydrogen-bond acceptors (Lipinski definition) is 5. The highest BCUT2D eigenvalue weighted by atomic mass is 16.6. The number of aliphatic hydroxyl groups is 1. The molecule has 1 aliphatic heterocycles. The van der Waals surface area contributed by atoms with E-state index in [0.717, 1.165) is 25.7 Å². The molecule has 6 heteroatoms. The third-order valence-electron chi connectivity index (χ3n) is 4.78. The van der Waals surface area contributed by atoms with Gasteiger partial charge in [-0.3, -0.25) is 0 Å². The Morgan fingerprint density at radius 1 is 1.22 bits per heavy atom. The zero-order valence-electron chi connectivity index (χ0n) is 14.5. The van der Waals surface area contributed by atoms with E-state index in [0.29, 0.717) is 19.6 Å². The van der Waals surface area contributed by atoms with Crippen molar-refractivity contribution in [3.05, 3.63) is 0 Å². The maximum atomic E-state index is 11.6. The zero-order valence-corrected chi connectivity index (χ0v) is 14.5. The van der Waals surface area contributed by atoms with Crippen LogP contribution in [0.1, 0.15) is 52.9 Å². The van der Waals surface area contributed by atoms with Gasteiger partial charge in [0.15, 0.2) is 0 Å². The fourth-order valence-corrected chi connectivity index (χ4v) is 3.43. The molecule has 6 atom stereocenters. The average Bonchev–Trinajstić information content (AvgIpc) is 2.88. The van der Waals surface area contributed by atoms with Gasteiger partial charge in [-0.15, -0.1) is 0 Å². The number of unbranched alkanes of at least 4 members (excludes halogenated alkanes) is 2. The lowest BCUT2D eigenvalue weighted by molar-refractivity contribution is -0.161. The SMILES string of the molecule is CCCCO[C@@H]1[C@H]2NC(=O)O[C@H]2C[C@H](C(C)O)[C@H]1OCCCC. The summed E-state index contributed by atoms with van der Waals surface area (Å²) in [5.41, 5.74) is 0. The first kappa shape index (κ1) is 18.5. The minimum atomic E-state index is -0.529. The molecule has 23 heavy (non-hydrogen) atoms. The van der Waals surface area contributed by atoms with Crippen molar-refractivity contribution < 1.29 is 24.1 Å². The quantitative estimate of drug-likeness (QED) is 0.634. The van der Waals surface area contributed by atoms with Crippen molar-refractivity contribution in [3.8, 4) is 0 Å². The molecule has 1 saturated heterocycles. The summed E-state index contributed by atoms with van der Waals surface area (Å²) in [7, 11) is 0. The van der Waals surface area contributed by atoms with Crippen LogP contribution in [0.4, 0.5) is 4.79 Å². The van der Waals surface area contributed by atoms with Crippen LogP contribution in [0.2, 0.25) is 0 Å². The second-order valence-corrected chi connectivity index (χ2v) is 6.63.